The number of aryl methyl sites for hydroxylation is 2. The third-order valence-electron chi connectivity index (χ3n) is 8.16. The Kier molecular flexibility index (Phi) is 21.6. The van der Waals surface area contributed by atoms with Crippen LogP contribution in [0.1, 0.15) is 76.5 Å². The average Bonchev–Trinajstić information content (AvgIpc) is 3.68. The molecule has 2 aromatic rings. The number of thioether (sulfide) groups is 1. The van der Waals surface area contributed by atoms with E-state index in [1.807, 2.05) is 11.8 Å². The molecule has 0 bridgehead atoms. The minimum Gasteiger partial charge on any atom is -0.394 e. The van der Waals surface area contributed by atoms with Gasteiger partial charge in [0.15, 0.2) is 0 Å². The van der Waals surface area contributed by atoms with E-state index in [4.69, 9.17) is 20.7 Å². The van der Waals surface area contributed by atoms with Gasteiger partial charge in [-0.2, -0.15) is 11.8 Å². The van der Waals surface area contributed by atoms with Crippen molar-refractivity contribution in [1.82, 2.24) is 19.1 Å². The van der Waals surface area contributed by atoms with Gasteiger partial charge in [0.05, 0.1) is 25.4 Å². The summed E-state index contributed by atoms with van der Waals surface area (Å²) in [5.41, 5.74) is -0.741. The number of H-pyrrole nitrogens is 2. The quantitative estimate of drug-likeness (QED) is 0.104. The van der Waals surface area contributed by atoms with Gasteiger partial charge in [-0.1, -0.05) is 73.2 Å². The maximum atomic E-state index is 12.0. The van der Waals surface area contributed by atoms with Crippen LogP contribution in [0.3, 0.4) is 0 Å². The molecule has 18 heteroatoms. The zero-order chi connectivity index (χ0) is 39.0. The molecule has 4 heterocycles. The lowest BCUT2D eigenvalue weighted by molar-refractivity contribution is -0.0238. The van der Waals surface area contributed by atoms with Crippen LogP contribution in [-0.2, 0) is 30.1 Å². The van der Waals surface area contributed by atoms with E-state index >= 15 is 0 Å². The number of rotatable bonds is 16. The highest BCUT2D eigenvalue weighted by molar-refractivity contribution is 8.76. The van der Waals surface area contributed by atoms with Crippen molar-refractivity contribution in [2.45, 2.75) is 128 Å². The molecule has 298 valence electrons. The summed E-state index contributed by atoms with van der Waals surface area (Å²) in [5.74, 6) is 4.60. The molecule has 0 aromatic carbocycles. The molecule has 0 unspecified atom stereocenters. The maximum Gasteiger partial charge on any atom is 0.330 e. The predicted molar refractivity (Wildman–Crippen MR) is 227 cm³/mol. The first-order valence-corrected chi connectivity index (χ1v) is 27.6. The first kappa shape index (κ1) is 47.2. The van der Waals surface area contributed by atoms with Gasteiger partial charge in [-0.3, -0.25) is 28.7 Å². The third-order valence-corrected chi connectivity index (χ3v) is 17.5. The lowest BCUT2D eigenvalue weighted by atomic mass is 10.2. The largest absolute Gasteiger partial charge is 0.394 e. The van der Waals surface area contributed by atoms with Crippen LogP contribution in [0, 0.1) is 13.8 Å². The molecule has 2 aliphatic rings. The number of nitrogens with zero attached hydrogens (tertiary/aromatic N) is 2. The Labute approximate surface area is 328 Å². The lowest BCUT2D eigenvalue weighted by Crippen LogP contribution is -2.33. The number of ether oxygens (including phenoxy) is 2. The van der Waals surface area contributed by atoms with E-state index in [0.29, 0.717) is 33.4 Å². The van der Waals surface area contributed by atoms with Crippen molar-refractivity contribution in [3.8, 4) is 0 Å². The smallest absolute Gasteiger partial charge is 0.330 e. The molecule has 4 N–H and O–H groups in total. The molecule has 52 heavy (non-hydrogen) atoms. The first-order valence-electron chi connectivity index (χ1n) is 18.0. The minimum absolute atomic E-state index is 0.0573. The Bertz CT molecular complexity index is 1620. The van der Waals surface area contributed by atoms with E-state index < -0.39 is 31.9 Å². The van der Waals surface area contributed by atoms with Crippen LogP contribution in [0.2, 0.25) is 25.7 Å². The molecule has 0 aliphatic carbocycles. The van der Waals surface area contributed by atoms with Gasteiger partial charge in [0, 0.05) is 60.7 Å². The first-order chi connectivity index (χ1) is 24.6. The fraction of sp³-hybridized carbons (Fsp3) is 0.765. The summed E-state index contributed by atoms with van der Waals surface area (Å²) in [4.78, 5) is 51.4. The van der Waals surface area contributed by atoms with Crippen molar-refractivity contribution in [2.24, 2.45) is 0 Å². The Balaban J connectivity index is 0.000000300. The van der Waals surface area contributed by atoms with Gasteiger partial charge < -0.3 is 19.7 Å². The highest BCUT2D eigenvalue weighted by atomic mass is 33.1. The molecule has 2 fully saturated rings. The molecule has 6 atom stereocenters. The van der Waals surface area contributed by atoms with Crippen LogP contribution in [0.4, 0.5) is 0 Å². The number of aromatic nitrogens is 4. The molecular weight excluding hydrogens is 781 g/mol. The van der Waals surface area contributed by atoms with Crippen LogP contribution < -0.4 is 22.5 Å². The average molecular weight is 841 g/mol. The van der Waals surface area contributed by atoms with E-state index in [2.05, 4.69) is 50.4 Å². The molecular formula is C34H60N4O8S5Si. The minimum atomic E-state index is -1.08. The second-order valence-electron chi connectivity index (χ2n) is 14.1. The predicted octanol–water partition coefficient (Wildman–Crippen LogP) is 4.74. The maximum absolute atomic E-state index is 12.0. The van der Waals surface area contributed by atoms with Crippen molar-refractivity contribution in [1.29, 1.82) is 0 Å². The number of aromatic amines is 2. The van der Waals surface area contributed by atoms with Crippen molar-refractivity contribution in [2.75, 3.05) is 36.2 Å². The topological polar surface area (TPSA) is 169 Å². The van der Waals surface area contributed by atoms with Gasteiger partial charge in [0.2, 0.25) is 0 Å². The van der Waals surface area contributed by atoms with Crippen LogP contribution >= 0.6 is 33.3 Å². The van der Waals surface area contributed by atoms with Gasteiger partial charge in [-0.25, -0.2) is 9.59 Å². The summed E-state index contributed by atoms with van der Waals surface area (Å²) in [5, 5.41) is 19.3. The summed E-state index contributed by atoms with van der Waals surface area (Å²) >= 11 is 6.98. The monoisotopic (exact) mass is 840 g/mol. The Morgan fingerprint density at radius 2 is 1.27 bits per heavy atom. The number of aliphatic hydroxyl groups excluding tert-OH is 2. The van der Waals surface area contributed by atoms with E-state index in [1.54, 1.807) is 35.4 Å². The van der Waals surface area contributed by atoms with Crippen LogP contribution in [0.5, 0.6) is 0 Å². The van der Waals surface area contributed by atoms with Gasteiger partial charge in [-0.15, -0.1) is 9.45 Å². The highest BCUT2D eigenvalue weighted by Crippen LogP contribution is 2.41. The number of nitrogens with one attached hydrogen (secondary N) is 2. The van der Waals surface area contributed by atoms with Crippen molar-refractivity contribution >= 4 is 62.1 Å². The van der Waals surface area contributed by atoms with Gasteiger partial charge >= 0.3 is 11.4 Å². The summed E-state index contributed by atoms with van der Waals surface area (Å²) in [6.45, 7) is 16.7. The Hall–Kier alpha value is -0.963. The molecule has 12 nitrogen and oxygen atoms in total. The molecule has 2 aliphatic heterocycles. The standard InChI is InChI=1S/C15H26N2O4SSi.C13H20N2O4S2.C6H14S2/c1-10-8-17(15(20)16-14(10)19)13-7-12(11(9-18)21-13)22-5-6-23(2,3)4;1-3-4-20-21-10-5-11(19-9(10)7-16)15-6-8(2)12(17)14-13(15)18;1-3-5-8(7)6-4-2/h8,11-13,18H,5-7,9H2,1-4H3,(H,16,19,20);6,9-11,16H,3-5,7H2,1-2H3,(H,14,17,18);3-6H2,1-2H3/t11-,12-,13-;9-,10-,11-;/m11./s1. The molecule has 0 spiro atoms. The fourth-order valence-corrected chi connectivity index (χ4v) is 14.1. The summed E-state index contributed by atoms with van der Waals surface area (Å²) < 4.78 is 14.5. The molecule has 2 saturated heterocycles. The fourth-order valence-electron chi connectivity index (χ4n) is 5.24. The zero-order valence-corrected chi connectivity index (χ0v) is 37.0. The number of aliphatic hydroxyl groups is 2. The normalized spacial score (nSPS) is 22.9. The third kappa shape index (κ3) is 15.6. The molecule has 4 rings (SSSR count). The molecule has 0 amide bonds. The second-order valence-corrected chi connectivity index (χ2v) is 26.9. The summed E-state index contributed by atoms with van der Waals surface area (Å²) in [6, 6.07) is 1.22. The SMILES string of the molecule is CCCS(=S)CCC.CCCSS[C@@H]1C[C@H](n2cc(C)c(=O)[nH]c2=O)O[C@@H]1CO.Cc1cn([C@H]2C[C@@H](SCC[Si](C)(C)C)[C@@H](CO)O2)c(=O)[nH]c1=O. The highest BCUT2D eigenvalue weighted by Gasteiger charge is 2.38. The zero-order valence-electron chi connectivity index (χ0n) is 31.9. The Morgan fingerprint density at radius 1 is 0.808 bits per heavy atom. The van der Waals surface area contributed by atoms with E-state index in [0.717, 1.165) is 17.9 Å². The van der Waals surface area contributed by atoms with Gasteiger partial charge in [0.1, 0.15) is 12.5 Å². The van der Waals surface area contributed by atoms with Crippen molar-refractivity contribution in [3.05, 3.63) is 65.2 Å². The second kappa shape index (κ2) is 23.8. The van der Waals surface area contributed by atoms with E-state index in [1.165, 1.54) is 51.9 Å². The van der Waals surface area contributed by atoms with Crippen molar-refractivity contribution < 1.29 is 19.7 Å². The van der Waals surface area contributed by atoms with Gasteiger partial charge in [-0.05, 0) is 56.4 Å². The summed E-state index contributed by atoms with van der Waals surface area (Å²) in [7, 11) is 2.68. The molecule has 2 aromatic heterocycles. The lowest BCUT2D eigenvalue weighted by Gasteiger charge is -2.19. The Morgan fingerprint density at radius 3 is 1.69 bits per heavy atom. The number of hydrogen-bond acceptors (Lipinski definition) is 12. The van der Waals surface area contributed by atoms with E-state index in [9.17, 15) is 29.4 Å². The molecule has 0 radical (unpaired) electrons. The summed E-state index contributed by atoms with van der Waals surface area (Å²) in [6.07, 6.45) is 6.53. The van der Waals surface area contributed by atoms with Crippen LogP contribution in [0.25, 0.3) is 0 Å². The van der Waals surface area contributed by atoms with E-state index in [-0.39, 0.29) is 47.0 Å². The van der Waals surface area contributed by atoms with Crippen LogP contribution in [-0.4, -0.2) is 96.3 Å². The van der Waals surface area contributed by atoms with Gasteiger partial charge in [0.25, 0.3) is 11.1 Å². The van der Waals surface area contributed by atoms with Crippen LogP contribution in [0.15, 0.2) is 31.6 Å². The van der Waals surface area contributed by atoms with Crippen molar-refractivity contribution in [3.63, 3.8) is 0 Å². The molecule has 0 saturated carbocycles. The number of hydrogen-bond donors (Lipinski definition) is 4.